The molecule has 0 aromatic carbocycles. The van der Waals surface area contributed by atoms with E-state index in [1.54, 1.807) is 6.20 Å². The average Bonchev–Trinajstić information content (AvgIpc) is 2.43. The van der Waals surface area contributed by atoms with Crippen LogP contribution in [-0.2, 0) is 0 Å². The van der Waals surface area contributed by atoms with E-state index in [-0.39, 0.29) is 0 Å². The number of anilines is 1. The Kier molecular flexibility index (Phi) is 3.47. The summed E-state index contributed by atoms with van der Waals surface area (Å²) in [7, 11) is 0. The molecular weight excluding hydrogens is 208 g/mol. The highest BCUT2D eigenvalue weighted by Gasteiger charge is 2.21. The van der Waals surface area contributed by atoms with E-state index in [1.165, 1.54) is 24.8 Å². The summed E-state index contributed by atoms with van der Waals surface area (Å²) in [6.45, 7) is 0. The van der Waals surface area contributed by atoms with Gasteiger partial charge in [0.2, 0.25) is 0 Å². The lowest BCUT2D eigenvalue weighted by Gasteiger charge is -2.17. The smallest absolute Gasteiger partial charge is 0.0380 e. The number of alkyl halides is 1. The Bertz CT molecular complexity index is 327. The molecule has 0 spiro atoms. The van der Waals surface area contributed by atoms with Crippen LogP contribution in [0.3, 0.4) is 0 Å². The van der Waals surface area contributed by atoms with Gasteiger partial charge in [0.15, 0.2) is 0 Å². The second-order valence-electron chi connectivity index (χ2n) is 4.32. The van der Waals surface area contributed by atoms with Crippen molar-refractivity contribution in [2.24, 2.45) is 0 Å². The quantitative estimate of drug-likeness (QED) is 0.587. The number of nitrogen functional groups attached to an aromatic ring is 1. The van der Waals surface area contributed by atoms with Gasteiger partial charge in [-0.3, -0.25) is 4.98 Å². The van der Waals surface area contributed by atoms with Crippen molar-refractivity contribution in [1.29, 1.82) is 0 Å². The lowest BCUT2D eigenvalue weighted by atomic mass is 9.92. The molecule has 1 heterocycles. The third kappa shape index (κ3) is 2.63. The molecule has 15 heavy (non-hydrogen) atoms. The number of pyridine rings is 1. The summed E-state index contributed by atoms with van der Waals surface area (Å²) in [5, 5.41) is 0.303. The molecular formula is C12H17ClN2. The largest absolute Gasteiger partial charge is 0.398 e. The maximum Gasteiger partial charge on any atom is 0.0380 e. The monoisotopic (exact) mass is 224 g/mol. The Morgan fingerprint density at radius 2 is 2.13 bits per heavy atom. The van der Waals surface area contributed by atoms with Crippen molar-refractivity contribution in [2.45, 2.75) is 43.4 Å². The number of nitrogens with two attached hydrogens (primary N) is 1. The Labute approximate surface area is 95.8 Å². The first kappa shape index (κ1) is 10.7. The Hall–Kier alpha value is -0.760. The molecule has 0 aliphatic heterocycles. The van der Waals surface area contributed by atoms with Crippen LogP contribution in [0, 0.1) is 0 Å². The molecule has 0 saturated heterocycles. The zero-order valence-electron chi connectivity index (χ0n) is 8.82. The van der Waals surface area contributed by atoms with Gasteiger partial charge < -0.3 is 5.73 Å². The van der Waals surface area contributed by atoms with Crippen LogP contribution in [0.4, 0.5) is 5.69 Å². The molecule has 0 amide bonds. The van der Waals surface area contributed by atoms with Crippen LogP contribution in [0.5, 0.6) is 0 Å². The second kappa shape index (κ2) is 4.84. The van der Waals surface area contributed by atoms with Gasteiger partial charge in [0.25, 0.3) is 0 Å². The molecule has 2 N–H and O–H groups in total. The maximum atomic E-state index is 6.26. The lowest BCUT2D eigenvalue weighted by Crippen LogP contribution is -2.07. The van der Waals surface area contributed by atoms with Gasteiger partial charge in [-0.25, -0.2) is 0 Å². The van der Waals surface area contributed by atoms with Crippen molar-refractivity contribution < 1.29 is 0 Å². The highest BCUT2D eigenvalue weighted by atomic mass is 35.5. The van der Waals surface area contributed by atoms with Crippen molar-refractivity contribution in [2.75, 3.05) is 5.73 Å². The molecule has 2 nitrogen and oxygen atoms in total. The van der Waals surface area contributed by atoms with Crippen molar-refractivity contribution >= 4 is 17.3 Å². The molecule has 2 atom stereocenters. The molecule has 1 aromatic rings. The first-order valence-corrected chi connectivity index (χ1v) is 6.04. The predicted molar refractivity (Wildman–Crippen MR) is 64.1 cm³/mol. The molecule has 2 rings (SSSR count). The normalized spacial score (nSPS) is 27.3. The van der Waals surface area contributed by atoms with E-state index in [9.17, 15) is 0 Å². The molecule has 2 unspecified atom stereocenters. The number of hydrogen-bond acceptors (Lipinski definition) is 2. The zero-order valence-corrected chi connectivity index (χ0v) is 9.58. The minimum Gasteiger partial charge on any atom is -0.398 e. The fourth-order valence-electron chi connectivity index (χ4n) is 2.34. The van der Waals surface area contributed by atoms with E-state index >= 15 is 0 Å². The summed E-state index contributed by atoms with van der Waals surface area (Å²) in [6, 6.07) is 1.88. The molecule has 1 saturated carbocycles. The molecule has 0 radical (unpaired) electrons. The molecule has 0 bridgehead atoms. The Balaban J connectivity index is 2.18. The topological polar surface area (TPSA) is 38.9 Å². The third-order valence-corrected chi connectivity index (χ3v) is 3.58. The summed E-state index contributed by atoms with van der Waals surface area (Å²) in [5.41, 5.74) is 8.01. The first-order valence-electron chi connectivity index (χ1n) is 5.61. The van der Waals surface area contributed by atoms with Crippen molar-refractivity contribution in [3.63, 3.8) is 0 Å². The Morgan fingerprint density at radius 1 is 1.33 bits per heavy atom. The summed E-state index contributed by atoms with van der Waals surface area (Å²) in [4.78, 5) is 4.15. The minimum atomic E-state index is 0.303. The van der Waals surface area contributed by atoms with Gasteiger partial charge in [-0.2, -0.15) is 0 Å². The van der Waals surface area contributed by atoms with Crippen LogP contribution in [0.15, 0.2) is 18.5 Å². The summed E-state index contributed by atoms with van der Waals surface area (Å²) in [6.07, 6.45) is 9.50. The minimum absolute atomic E-state index is 0.303. The van der Waals surface area contributed by atoms with Crippen molar-refractivity contribution in [1.82, 2.24) is 4.98 Å². The fraction of sp³-hybridized carbons (Fsp3) is 0.583. The standard InChI is InChI=1S/C12H17ClN2/c13-10-4-2-1-3-9(7-10)11-8-15-6-5-12(11)14/h5-6,8-10H,1-4,7H2,(H2,14,15). The van der Waals surface area contributed by atoms with Crippen LogP contribution in [-0.4, -0.2) is 10.4 Å². The van der Waals surface area contributed by atoms with E-state index in [0.29, 0.717) is 11.3 Å². The lowest BCUT2D eigenvalue weighted by molar-refractivity contribution is 0.595. The van der Waals surface area contributed by atoms with Gasteiger partial charge in [0, 0.05) is 23.5 Å². The summed E-state index contributed by atoms with van der Waals surface area (Å²) >= 11 is 6.26. The Morgan fingerprint density at radius 3 is 2.93 bits per heavy atom. The van der Waals surface area contributed by atoms with Crippen LogP contribution in [0.25, 0.3) is 0 Å². The van der Waals surface area contributed by atoms with Crippen LogP contribution >= 0.6 is 11.6 Å². The van der Waals surface area contributed by atoms with E-state index in [0.717, 1.165) is 18.5 Å². The van der Waals surface area contributed by atoms with Gasteiger partial charge in [-0.15, -0.1) is 11.6 Å². The number of rotatable bonds is 1. The van der Waals surface area contributed by atoms with Crippen LogP contribution < -0.4 is 5.73 Å². The molecule has 1 aliphatic rings. The average molecular weight is 225 g/mol. The molecule has 1 fully saturated rings. The van der Waals surface area contributed by atoms with Gasteiger partial charge >= 0.3 is 0 Å². The third-order valence-electron chi connectivity index (χ3n) is 3.19. The molecule has 1 aromatic heterocycles. The van der Waals surface area contributed by atoms with Crippen molar-refractivity contribution in [3.8, 4) is 0 Å². The summed E-state index contributed by atoms with van der Waals surface area (Å²) in [5.74, 6) is 0.503. The number of halogens is 1. The highest BCUT2D eigenvalue weighted by molar-refractivity contribution is 6.20. The zero-order chi connectivity index (χ0) is 10.7. The SMILES string of the molecule is Nc1ccncc1C1CCCCC(Cl)C1. The number of hydrogen-bond donors (Lipinski definition) is 1. The van der Waals surface area contributed by atoms with Crippen molar-refractivity contribution in [3.05, 3.63) is 24.0 Å². The predicted octanol–water partition coefficient (Wildman–Crippen LogP) is 3.32. The maximum absolute atomic E-state index is 6.26. The number of nitrogens with zero attached hydrogens (tertiary/aromatic N) is 1. The summed E-state index contributed by atoms with van der Waals surface area (Å²) < 4.78 is 0. The van der Waals surface area contributed by atoms with E-state index < -0.39 is 0 Å². The second-order valence-corrected chi connectivity index (χ2v) is 4.94. The molecule has 1 aliphatic carbocycles. The van der Waals surface area contributed by atoms with Crippen LogP contribution in [0.1, 0.15) is 43.6 Å². The van der Waals surface area contributed by atoms with E-state index in [1.807, 2.05) is 12.3 Å². The molecule has 82 valence electrons. The molecule has 3 heteroatoms. The van der Waals surface area contributed by atoms with Crippen LogP contribution in [0.2, 0.25) is 0 Å². The first-order chi connectivity index (χ1) is 7.27. The van der Waals surface area contributed by atoms with Gasteiger partial charge in [0.05, 0.1) is 0 Å². The van der Waals surface area contributed by atoms with Gasteiger partial charge in [0.1, 0.15) is 0 Å². The highest BCUT2D eigenvalue weighted by Crippen LogP contribution is 2.35. The fourth-order valence-corrected chi connectivity index (χ4v) is 2.71. The van der Waals surface area contributed by atoms with E-state index in [2.05, 4.69) is 4.98 Å². The van der Waals surface area contributed by atoms with Gasteiger partial charge in [-0.1, -0.05) is 12.8 Å². The number of aromatic nitrogens is 1. The van der Waals surface area contributed by atoms with E-state index in [4.69, 9.17) is 17.3 Å². The van der Waals surface area contributed by atoms with Gasteiger partial charge in [-0.05, 0) is 36.8 Å².